The van der Waals surface area contributed by atoms with E-state index in [1.165, 1.54) is 41.3 Å². The molecule has 0 saturated carbocycles. The van der Waals surface area contributed by atoms with Crippen LogP contribution >= 0.6 is 11.3 Å². The summed E-state index contributed by atoms with van der Waals surface area (Å²) in [5.41, 5.74) is 2.36. The van der Waals surface area contributed by atoms with E-state index in [1.54, 1.807) is 11.3 Å². The second-order valence-corrected chi connectivity index (χ2v) is 9.86. The fourth-order valence-corrected chi connectivity index (χ4v) is 6.20. The zero-order valence-electron chi connectivity index (χ0n) is 18.5. The highest BCUT2D eigenvalue weighted by molar-refractivity contribution is 7.21. The normalized spacial score (nSPS) is 20.4. The first-order chi connectivity index (χ1) is 15.8. The van der Waals surface area contributed by atoms with Crippen LogP contribution in [-0.4, -0.2) is 59.6 Å². The zero-order chi connectivity index (χ0) is 21.8. The predicted octanol–water partition coefficient (Wildman–Crippen LogP) is 4.76. The molecule has 2 aliphatic heterocycles. The lowest BCUT2D eigenvalue weighted by atomic mass is 9.97. The molecule has 32 heavy (non-hydrogen) atoms. The maximum Gasteiger partial charge on any atom is 0.264 e. The minimum atomic E-state index is 0.175. The van der Waals surface area contributed by atoms with Gasteiger partial charge >= 0.3 is 0 Å². The SMILES string of the molecule is O=C(c1sc2ccccc2c1C[C@H]1CCCCCN1Cc1ccccn1)N1CCOCC1. The number of rotatable bonds is 5. The number of benzene rings is 1. The summed E-state index contributed by atoms with van der Waals surface area (Å²) in [6, 6.07) is 15.1. The Bertz CT molecular complexity index is 1050. The Morgan fingerprint density at radius 3 is 2.72 bits per heavy atom. The number of likely N-dealkylation sites (tertiary alicyclic amines) is 1. The Hall–Kier alpha value is -2.28. The van der Waals surface area contributed by atoms with Crippen LogP contribution in [0.25, 0.3) is 10.1 Å². The lowest BCUT2D eigenvalue weighted by Gasteiger charge is -2.31. The van der Waals surface area contributed by atoms with E-state index in [0.29, 0.717) is 32.3 Å². The first-order valence-electron chi connectivity index (χ1n) is 11.8. The third-order valence-corrected chi connectivity index (χ3v) is 7.92. The van der Waals surface area contributed by atoms with Gasteiger partial charge in [0.05, 0.1) is 23.8 Å². The number of hydrogen-bond donors (Lipinski definition) is 0. The van der Waals surface area contributed by atoms with Gasteiger partial charge in [-0.3, -0.25) is 14.7 Å². The average Bonchev–Trinajstić information content (AvgIpc) is 3.06. The summed E-state index contributed by atoms with van der Waals surface area (Å²) in [5.74, 6) is 0.175. The van der Waals surface area contributed by atoms with E-state index in [4.69, 9.17) is 4.74 Å². The van der Waals surface area contributed by atoms with Crippen LogP contribution in [0.5, 0.6) is 0 Å². The number of carbonyl (C=O) groups excluding carboxylic acids is 1. The number of ether oxygens (including phenoxy) is 1. The lowest BCUT2D eigenvalue weighted by Crippen LogP contribution is -2.41. The Kier molecular flexibility index (Phi) is 6.81. The van der Waals surface area contributed by atoms with E-state index in [0.717, 1.165) is 30.1 Å². The quantitative estimate of drug-likeness (QED) is 0.564. The summed E-state index contributed by atoms with van der Waals surface area (Å²) in [4.78, 5) is 23.6. The van der Waals surface area contributed by atoms with Gasteiger partial charge in [-0.1, -0.05) is 37.1 Å². The van der Waals surface area contributed by atoms with E-state index in [-0.39, 0.29) is 5.91 Å². The molecular weight excluding hydrogens is 418 g/mol. The Morgan fingerprint density at radius 2 is 1.88 bits per heavy atom. The predicted molar refractivity (Wildman–Crippen MR) is 129 cm³/mol. The van der Waals surface area contributed by atoms with Crippen LogP contribution < -0.4 is 0 Å². The smallest absolute Gasteiger partial charge is 0.264 e. The van der Waals surface area contributed by atoms with E-state index in [1.807, 2.05) is 17.2 Å². The largest absolute Gasteiger partial charge is 0.378 e. The highest BCUT2D eigenvalue weighted by Gasteiger charge is 2.28. The number of aromatic nitrogens is 1. The number of nitrogens with zero attached hydrogens (tertiary/aromatic N) is 3. The van der Waals surface area contributed by atoms with Crippen molar-refractivity contribution in [2.75, 3.05) is 32.8 Å². The van der Waals surface area contributed by atoms with Crippen LogP contribution in [0.4, 0.5) is 0 Å². The molecule has 2 aliphatic rings. The molecule has 1 amide bonds. The van der Waals surface area contributed by atoms with Crippen molar-refractivity contribution in [3.05, 3.63) is 64.8 Å². The molecule has 0 N–H and O–H groups in total. The molecule has 2 aromatic heterocycles. The Balaban J connectivity index is 1.46. The number of pyridine rings is 1. The molecule has 3 aromatic rings. The first kappa shape index (κ1) is 21.6. The third kappa shape index (κ3) is 4.72. The van der Waals surface area contributed by atoms with Gasteiger partial charge in [-0.2, -0.15) is 0 Å². The van der Waals surface area contributed by atoms with Crippen LogP contribution in [0.15, 0.2) is 48.7 Å². The number of amides is 1. The van der Waals surface area contributed by atoms with Crippen LogP contribution in [0.3, 0.4) is 0 Å². The molecule has 0 bridgehead atoms. The molecule has 1 atom stereocenters. The molecular formula is C26H31N3O2S. The number of fused-ring (bicyclic) bond motifs is 1. The fraction of sp³-hybridized carbons (Fsp3) is 0.462. The van der Waals surface area contributed by atoms with Gasteiger partial charge in [-0.25, -0.2) is 0 Å². The van der Waals surface area contributed by atoms with Crippen molar-refractivity contribution in [2.24, 2.45) is 0 Å². The van der Waals surface area contributed by atoms with Crippen LogP contribution in [0.2, 0.25) is 0 Å². The molecule has 0 spiro atoms. The van der Waals surface area contributed by atoms with Gasteiger partial charge in [0, 0.05) is 36.6 Å². The highest BCUT2D eigenvalue weighted by atomic mass is 32.1. The zero-order valence-corrected chi connectivity index (χ0v) is 19.4. The topological polar surface area (TPSA) is 45.7 Å². The van der Waals surface area contributed by atoms with Gasteiger partial charge in [0.1, 0.15) is 0 Å². The van der Waals surface area contributed by atoms with Gasteiger partial charge in [0.25, 0.3) is 5.91 Å². The van der Waals surface area contributed by atoms with Gasteiger partial charge in [-0.05, 0) is 55.0 Å². The molecule has 168 valence electrons. The molecule has 4 heterocycles. The van der Waals surface area contributed by atoms with Crippen LogP contribution in [0, 0.1) is 0 Å². The van der Waals surface area contributed by atoms with E-state index in [2.05, 4.69) is 46.3 Å². The van der Waals surface area contributed by atoms with Crippen molar-refractivity contribution in [1.82, 2.24) is 14.8 Å². The third-order valence-electron chi connectivity index (χ3n) is 6.72. The second-order valence-electron chi connectivity index (χ2n) is 8.81. The van der Waals surface area contributed by atoms with Crippen LogP contribution in [-0.2, 0) is 17.7 Å². The standard InChI is InChI=1S/C26H31N3O2S/c30-26(28-14-16-31-17-15-28)25-23(22-10-3-4-11-24(22)32-25)18-21-9-2-1-7-13-29(21)19-20-8-5-6-12-27-20/h3-6,8,10-12,21H,1-2,7,9,13-19H2/t21-/m1/s1. The fourth-order valence-electron chi connectivity index (χ4n) is 5.00. The molecule has 1 aromatic carbocycles. The summed E-state index contributed by atoms with van der Waals surface area (Å²) in [7, 11) is 0. The minimum Gasteiger partial charge on any atom is -0.378 e. The molecule has 5 nitrogen and oxygen atoms in total. The van der Waals surface area contributed by atoms with Gasteiger partial charge < -0.3 is 9.64 Å². The molecule has 0 aliphatic carbocycles. The molecule has 2 fully saturated rings. The monoisotopic (exact) mass is 449 g/mol. The van der Waals surface area contributed by atoms with Crippen molar-refractivity contribution in [3.8, 4) is 0 Å². The molecule has 6 heteroatoms. The van der Waals surface area contributed by atoms with Crippen molar-refractivity contribution in [1.29, 1.82) is 0 Å². The molecule has 0 radical (unpaired) electrons. The lowest BCUT2D eigenvalue weighted by molar-refractivity contribution is 0.0305. The molecule has 2 saturated heterocycles. The van der Waals surface area contributed by atoms with Gasteiger partial charge in [0.15, 0.2) is 0 Å². The van der Waals surface area contributed by atoms with Gasteiger partial charge in [0.2, 0.25) is 0 Å². The Morgan fingerprint density at radius 1 is 1.03 bits per heavy atom. The van der Waals surface area contributed by atoms with Crippen molar-refractivity contribution < 1.29 is 9.53 Å². The number of thiophene rings is 1. The number of morpholine rings is 1. The summed E-state index contributed by atoms with van der Waals surface area (Å²) >= 11 is 1.66. The van der Waals surface area contributed by atoms with Crippen molar-refractivity contribution in [3.63, 3.8) is 0 Å². The first-order valence-corrected chi connectivity index (χ1v) is 12.6. The van der Waals surface area contributed by atoms with E-state index >= 15 is 0 Å². The summed E-state index contributed by atoms with van der Waals surface area (Å²) < 4.78 is 6.69. The van der Waals surface area contributed by atoms with Crippen LogP contribution in [0.1, 0.15) is 46.6 Å². The summed E-state index contributed by atoms with van der Waals surface area (Å²) in [6.45, 7) is 4.60. The van der Waals surface area contributed by atoms with E-state index in [9.17, 15) is 4.79 Å². The van der Waals surface area contributed by atoms with E-state index < -0.39 is 0 Å². The highest BCUT2D eigenvalue weighted by Crippen LogP contribution is 2.35. The molecule has 5 rings (SSSR count). The van der Waals surface area contributed by atoms with Crippen molar-refractivity contribution >= 4 is 27.3 Å². The maximum absolute atomic E-state index is 13.5. The maximum atomic E-state index is 13.5. The summed E-state index contributed by atoms with van der Waals surface area (Å²) in [5, 5.41) is 1.25. The Labute approximate surface area is 194 Å². The number of carbonyl (C=O) groups is 1. The number of hydrogen-bond acceptors (Lipinski definition) is 5. The van der Waals surface area contributed by atoms with Crippen molar-refractivity contribution in [2.45, 2.75) is 44.7 Å². The van der Waals surface area contributed by atoms with Gasteiger partial charge in [-0.15, -0.1) is 11.3 Å². The average molecular weight is 450 g/mol. The molecule has 0 unspecified atom stereocenters. The second kappa shape index (κ2) is 10.1. The minimum absolute atomic E-state index is 0.175. The summed E-state index contributed by atoms with van der Waals surface area (Å²) in [6.07, 6.45) is 7.72.